The maximum atomic E-state index is 5.86. The Balaban J connectivity index is 0.000000183. The summed E-state index contributed by atoms with van der Waals surface area (Å²) in [6, 6.07) is 32.4. The largest absolute Gasteiger partial charge is 0 e. The van der Waals surface area contributed by atoms with Gasteiger partial charge in [0, 0.05) is 43.4 Å². The summed E-state index contributed by atoms with van der Waals surface area (Å²) in [6.07, 6.45) is 15.6. The molecule has 6 heterocycles. The number of benzene rings is 2. The molecule has 57 heavy (non-hydrogen) atoms. The third kappa shape index (κ3) is 9.14. The van der Waals surface area contributed by atoms with Gasteiger partial charge in [-0.05, 0) is 48.2 Å². The van der Waals surface area contributed by atoms with E-state index in [-0.39, 0.29) is 20.1 Å². The Kier molecular flexibility index (Phi) is 12.5. The molecule has 0 spiro atoms. The zero-order valence-electron chi connectivity index (χ0n) is 33.8. The molecule has 0 aliphatic heterocycles. The average Bonchev–Trinajstić information content (AvgIpc) is 3.75. The zero-order chi connectivity index (χ0) is 38.8. The first-order valence-electron chi connectivity index (χ1n) is 20.1. The minimum atomic E-state index is -1.89. The maximum absolute atomic E-state index is 5.86. The number of rotatable bonds is 8. The summed E-state index contributed by atoms with van der Waals surface area (Å²) in [7, 11) is 0. The normalized spacial score (nSPS) is 13.5. The number of aromatic nitrogens is 6. The Morgan fingerprint density at radius 1 is 0.825 bits per heavy atom. The van der Waals surface area contributed by atoms with Crippen LogP contribution in [0.4, 0.5) is 0 Å². The van der Waals surface area contributed by atoms with Crippen LogP contribution in [0.15, 0.2) is 102 Å². The van der Waals surface area contributed by atoms with Gasteiger partial charge in [0.2, 0.25) is 5.71 Å². The Morgan fingerprint density at radius 3 is 2.35 bits per heavy atom. The molecule has 1 fully saturated rings. The summed E-state index contributed by atoms with van der Waals surface area (Å²) in [5.74, 6) is 9.46. The first kappa shape index (κ1) is 40.7. The minimum Gasteiger partial charge on any atom is 0 e. The molecule has 1 saturated carbocycles. The van der Waals surface area contributed by atoms with Gasteiger partial charge in [-0.25, -0.2) is 4.98 Å². The van der Waals surface area contributed by atoms with E-state index in [9.17, 15) is 0 Å². The SMILES string of the molecule is Cc1ccc2c(n1)oc1n[c-]c(-c3nc4cc(C(C)C)ncc4n3Cc3ccccc3)cc12.[CH3][Ge]([CH3])([CH3])[c]1cnc(-c2[c-]cccc2)cc1CC1CCCCC1.[Ir]. The van der Waals surface area contributed by atoms with Crippen molar-refractivity contribution in [2.45, 2.75) is 89.0 Å². The van der Waals surface area contributed by atoms with Gasteiger partial charge in [0.25, 0.3) is 0 Å². The fourth-order valence-corrected chi connectivity index (χ4v) is 11.3. The molecule has 1 radical (unpaired) electrons. The van der Waals surface area contributed by atoms with Crippen LogP contribution in [-0.2, 0) is 33.1 Å². The van der Waals surface area contributed by atoms with Crippen LogP contribution in [0.2, 0.25) is 17.3 Å². The molecule has 0 atom stereocenters. The Morgan fingerprint density at radius 2 is 1.61 bits per heavy atom. The molecule has 0 N–H and O–H groups in total. The van der Waals surface area contributed by atoms with Crippen LogP contribution >= 0.6 is 0 Å². The molecule has 9 heteroatoms. The number of pyridine rings is 4. The quantitative estimate of drug-likeness (QED) is 0.111. The van der Waals surface area contributed by atoms with Crippen molar-refractivity contribution < 1.29 is 24.5 Å². The first-order valence-corrected chi connectivity index (χ1v) is 27.4. The fourth-order valence-electron chi connectivity index (χ4n) is 7.93. The number of aryl methyl sites for hydroxylation is 1. The van der Waals surface area contributed by atoms with E-state index in [2.05, 4.69) is 113 Å². The number of fused-ring (bicyclic) bond motifs is 4. The van der Waals surface area contributed by atoms with Crippen LogP contribution in [0.3, 0.4) is 0 Å². The molecule has 7 nitrogen and oxygen atoms in total. The number of furan rings is 1. The molecule has 1 aliphatic carbocycles. The summed E-state index contributed by atoms with van der Waals surface area (Å²) < 4.78 is 9.64. The second-order valence-corrected chi connectivity index (χ2v) is 27.2. The van der Waals surface area contributed by atoms with E-state index in [4.69, 9.17) is 19.4 Å². The van der Waals surface area contributed by atoms with Crippen molar-refractivity contribution in [3.05, 3.63) is 132 Å². The molecule has 6 aromatic heterocycles. The summed E-state index contributed by atoms with van der Waals surface area (Å²) in [5.41, 5.74) is 10.7. The summed E-state index contributed by atoms with van der Waals surface area (Å²) in [6.45, 7) is 6.90. The van der Waals surface area contributed by atoms with Crippen molar-refractivity contribution in [2.24, 2.45) is 5.92 Å². The topological polar surface area (TPSA) is 82.5 Å². The van der Waals surface area contributed by atoms with Crippen molar-refractivity contribution in [1.82, 2.24) is 29.5 Å². The third-order valence-electron chi connectivity index (χ3n) is 11.0. The Labute approximate surface area is 352 Å². The van der Waals surface area contributed by atoms with Crippen LogP contribution in [0, 0.1) is 25.1 Å². The number of hydrogen-bond acceptors (Lipinski definition) is 6. The van der Waals surface area contributed by atoms with Crippen LogP contribution in [0.25, 0.3) is 55.9 Å². The van der Waals surface area contributed by atoms with Gasteiger partial charge in [-0.15, -0.1) is 6.07 Å². The minimum absolute atomic E-state index is 0. The summed E-state index contributed by atoms with van der Waals surface area (Å²) >= 11 is -1.89. The molecule has 0 bridgehead atoms. The fraction of sp³-hybridized carbons (Fsp3) is 0.312. The van der Waals surface area contributed by atoms with Gasteiger partial charge in [-0.3, -0.25) is 9.97 Å². The van der Waals surface area contributed by atoms with Crippen molar-refractivity contribution in [3.63, 3.8) is 0 Å². The molecular weight excluding hydrogens is 941 g/mol. The van der Waals surface area contributed by atoms with E-state index in [0.29, 0.717) is 23.9 Å². The number of imidazole rings is 1. The van der Waals surface area contributed by atoms with Crippen LogP contribution < -0.4 is 4.40 Å². The zero-order valence-corrected chi connectivity index (χ0v) is 38.3. The first-order chi connectivity index (χ1) is 27.1. The molecule has 0 unspecified atom stereocenters. The van der Waals surface area contributed by atoms with Gasteiger partial charge >= 0.3 is 144 Å². The summed E-state index contributed by atoms with van der Waals surface area (Å²) in [4.78, 5) is 23.5. The molecule has 0 saturated heterocycles. The Hall–Kier alpha value is -4.50. The van der Waals surface area contributed by atoms with E-state index in [1.54, 1.807) is 9.96 Å². The predicted octanol–water partition coefficient (Wildman–Crippen LogP) is 11.3. The molecule has 2 aromatic carbocycles. The van der Waals surface area contributed by atoms with Gasteiger partial charge < -0.3 is 14.0 Å². The van der Waals surface area contributed by atoms with E-state index < -0.39 is 13.3 Å². The summed E-state index contributed by atoms with van der Waals surface area (Å²) in [5, 5.41) is 1.85. The van der Waals surface area contributed by atoms with Crippen LogP contribution in [-0.4, -0.2) is 42.8 Å². The van der Waals surface area contributed by atoms with Gasteiger partial charge in [0.15, 0.2) is 0 Å². The van der Waals surface area contributed by atoms with Crippen molar-refractivity contribution >= 4 is 50.9 Å². The number of hydrogen-bond donors (Lipinski definition) is 0. The smallest absolute Gasteiger partial charge is 0 e. The van der Waals surface area contributed by atoms with Crippen molar-refractivity contribution in [3.8, 4) is 22.6 Å². The molecular formula is C48H50GeIrN6O-2. The predicted molar refractivity (Wildman–Crippen MR) is 231 cm³/mol. The average molecular weight is 992 g/mol. The van der Waals surface area contributed by atoms with Crippen LogP contribution in [0.5, 0.6) is 0 Å². The second-order valence-electron chi connectivity index (χ2n) is 16.6. The maximum Gasteiger partial charge on any atom is 0 e. The van der Waals surface area contributed by atoms with E-state index in [0.717, 1.165) is 61.8 Å². The van der Waals surface area contributed by atoms with Gasteiger partial charge in [0.05, 0.1) is 23.1 Å². The van der Waals surface area contributed by atoms with Gasteiger partial charge in [-0.2, -0.15) is 0 Å². The van der Waals surface area contributed by atoms with Crippen molar-refractivity contribution in [2.75, 3.05) is 0 Å². The molecule has 8 aromatic rings. The third-order valence-corrected chi connectivity index (χ3v) is 15.3. The van der Waals surface area contributed by atoms with Gasteiger partial charge in [0.1, 0.15) is 5.71 Å². The molecule has 1 aliphatic rings. The Bertz CT molecular complexity index is 2610. The van der Waals surface area contributed by atoms with Gasteiger partial charge in [-0.1, -0.05) is 49.7 Å². The van der Waals surface area contributed by atoms with E-state index in [1.165, 1.54) is 44.1 Å². The molecule has 0 amide bonds. The van der Waals surface area contributed by atoms with Crippen LogP contribution in [0.1, 0.15) is 74.4 Å². The molecule has 9 rings (SSSR count). The second kappa shape index (κ2) is 17.6. The number of nitrogens with zero attached hydrogens (tertiary/aromatic N) is 6. The van der Waals surface area contributed by atoms with E-state index in [1.807, 2.05) is 49.5 Å². The molecule has 293 valence electrons. The van der Waals surface area contributed by atoms with Crippen molar-refractivity contribution in [1.29, 1.82) is 0 Å². The standard InChI is InChI=1S/C27H22N5O.C21H28GeN.Ir/c1-16(2)22-12-23-24(14-28-22)32(15-18-7-5-4-6-8-18)25(31-23)19-11-21-20-10-9-17(3)30-27(20)33-26(21)29-13-19;1-22(2,3)20-16-23-21(18-12-8-5-9-13-18)15-19(20)14-17-10-6-4-7-11-17;/h4-12,14,16H,15H2,1-3H3;5,8-9,12,15-17H,4,6-7,10-11,14H2,1-3H3;/q2*-1;. The monoisotopic (exact) mass is 993 g/mol. The van der Waals surface area contributed by atoms with E-state index >= 15 is 0 Å².